The van der Waals surface area contributed by atoms with Gasteiger partial charge >= 0.3 is 0 Å². The van der Waals surface area contributed by atoms with Crippen molar-refractivity contribution >= 4 is 22.2 Å². The van der Waals surface area contributed by atoms with Crippen LogP contribution in [0.4, 0.5) is 0 Å². The Kier molecular flexibility index (Phi) is 4.60. The SMILES string of the molecule is COc1cc(C=O)cc(Br)c1OCC1CCOC1. The Labute approximate surface area is 114 Å². The number of carbonyl (C=O) groups excluding carboxylic acids is 1. The van der Waals surface area contributed by atoms with Crippen molar-refractivity contribution < 1.29 is 19.0 Å². The second-order valence-corrected chi connectivity index (χ2v) is 5.05. The Morgan fingerprint density at radius 1 is 1.56 bits per heavy atom. The van der Waals surface area contributed by atoms with Crippen LogP contribution in [0.5, 0.6) is 11.5 Å². The summed E-state index contributed by atoms with van der Waals surface area (Å²) in [6.45, 7) is 2.14. The molecule has 98 valence electrons. The van der Waals surface area contributed by atoms with E-state index in [0.29, 0.717) is 29.6 Å². The first-order valence-electron chi connectivity index (χ1n) is 5.78. The van der Waals surface area contributed by atoms with Crippen LogP contribution in [0.3, 0.4) is 0 Å². The molecule has 4 nitrogen and oxygen atoms in total. The average molecular weight is 315 g/mol. The Morgan fingerprint density at radius 2 is 2.39 bits per heavy atom. The number of ether oxygens (including phenoxy) is 3. The highest BCUT2D eigenvalue weighted by Gasteiger charge is 2.18. The maximum absolute atomic E-state index is 10.8. The molecule has 18 heavy (non-hydrogen) atoms. The first-order chi connectivity index (χ1) is 8.74. The van der Waals surface area contributed by atoms with Crippen molar-refractivity contribution in [3.05, 3.63) is 22.2 Å². The largest absolute Gasteiger partial charge is 0.493 e. The second-order valence-electron chi connectivity index (χ2n) is 4.19. The van der Waals surface area contributed by atoms with Crippen LogP contribution in [0.25, 0.3) is 0 Å². The van der Waals surface area contributed by atoms with E-state index in [9.17, 15) is 4.79 Å². The normalized spacial score (nSPS) is 18.7. The molecular formula is C13H15BrO4. The van der Waals surface area contributed by atoms with E-state index in [4.69, 9.17) is 14.2 Å². The molecule has 5 heteroatoms. The number of methoxy groups -OCH3 is 1. The molecule has 0 aromatic heterocycles. The highest BCUT2D eigenvalue weighted by atomic mass is 79.9. The molecule has 2 rings (SSSR count). The van der Waals surface area contributed by atoms with Crippen LogP contribution >= 0.6 is 15.9 Å². The van der Waals surface area contributed by atoms with Crippen LogP contribution in [-0.2, 0) is 4.74 Å². The van der Waals surface area contributed by atoms with Gasteiger partial charge < -0.3 is 14.2 Å². The molecule has 1 aromatic carbocycles. The Morgan fingerprint density at radius 3 is 3.00 bits per heavy atom. The van der Waals surface area contributed by atoms with E-state index in [1.165, 1.54) is 0 Å². The monoisotopic (exact) mass is 314 g/mol. The highest BCUT2D eigenvalue weighted by molar-refractivity contribution is 9.10. The van der Waals surface area contributed by atoms with Gasteiger partial charge in [-0.05, 0) is 34.5 Å². The van der Waals surface area contributed by atoms with Crippen molar-refractivity contribution in [1.29, 1.82) is 0 Å². The summed E-state index contributed by atoms with van der Waals surface area (Å²) in [5, 5.41) is 0. The number of hydrogen-bond donors (Lipinski definition) is 0. The van der Waals surface area contributed by atoms with Crippen molar-refractivity contribution in [3.8, 4) is 11.5 Å². The van der Waals surface area contributed by atoms with E-state index >= 15 is 0 Å². The summed E-state index contributed by atoms with van der Waals surface area (Å²) in [7, 11) is 1.56. The van der Waals surface area contributed by atoms with Gasteiger partial charge in [0.2, 0.25) is 0 Å². The van der Waals surface area contributed by atoms with Gasteiger partial charge in [-0.3, -0.25) is 4.79 Å². The van der Waals surface area contributed by atoms with Crippen molar-refractivity contribution in [2.45, 2.75) is 6.42 Å². The quantitative estimate of drug-likeness (QED) is 0.784. The maximum atomic E-state index is 10.8. The van der Waals surface area contributed by atoms with Crippen molar-refractivity contribution in [2.24, 2.45) is 5.92 Å². The van der Waals surface area contributed by atoms with Gasteiger partial charge in [0.25, 0.3) is 0 Å². The predicted octanol–water partition coefficient (Wildman–Crippen LogP) is 2.69. The lowest BCUT2D eigenvalue weighted by atomic mass is 10.1. The predicted molar refractivity (Wildman–Crippen MR) is 70.5 cm³/mol. The zero-order valence-corrected chi connectivity index (χ0v) is 11.7. The fourth-order valence-corrected chi connectivity index (χ4v) is 2.44. The number of aldehydes is 1. The second kappa shape index (κ2) is 6.20. The topological polar surface area (TPSA) is 44.8 Å². The lowest BCUT2D eigenvalue weighted by Gasteiger charge is -2.15. The zero-order chi connectivity index (χ0) is 13.0. The summed E-state index contributed by atoms with van der Waals surface area (Å²) < 4.78 is 17.0. The van der Waals surface area contributed by atoms with Crippen LogP contribution in [0, 0.1) is 5.92 Å². The summed E-state index contributed by atoms with van der Waals surface area (Å²) in [5.74, 6) is 1.62. The van der Waals surface area contributed by atoms with E-state index < -0.39 is 0 Å². The van der Waals surface area contributed by atoms with Gasteiger partial charge in [0.1, 0.15) is 6.29 Å². The molecule has 1 fully saturated rings. The third-order valence-corrected chi connectivity index (χ3v) is 3.46. The van der Waals surface area contributed by atoms with Gasteiger partial charge in [0, 0.05) is 18.1 Å². The van der Waals surface area contributed by atoms with Gasteiger partial charge in [0.15, 0.2) is 11.5 Å². The van der Waals surface area contributed by atoms with E-state index in [1.807, 2.05) is 0 Å². The molecule has 1 aliphatic rings. The van der Waals surface area contributed by atoms with E-state index in [2.05, 4.69) is 15.9 Å². The van der Waals surface area contributed by atoms with Crippen LogP contribution in [0.15, 0.2) is 16.6 Å². The summed E-state index contributed by atoms with van der Waals surface area (Å²) >= 11 is 3.39. The van der Waals surface area contributed by atoms with Crippen molar-refractivity contribution in [3.63, 3.8) is 0 Å². The Balaban J connectivity index is 2.12. The van der Waals surface area contributed by atoms with E-state index in [-0.39, 0.29) is 0 Å². The summed E-state index contributed by atoms with van der Waals surface area (Å²) in [5.41, 5.74) is 0.551. The third kappa shape index (κ3) is 3.03. The minimum Gasteiger partial charge on any atom is -0.493 e. The molecule has 0 saturated carbocycles. The van der Waals surface area contributed by atoms with Crippen molar-refractivity contribution in [1.82, 2.24) is 0 Å². The van der Waals surface area contributed by atoms with Crippen molar-refractivity contribution in [2.75, 3.05) is 26.9 Å². The molecular weight excluding hydrogens is 300 g/mol. The molecule has 0 bridgehead atoms. The number of benzene rings is 1. The Hall–Kier alpha value is -1.07. The number of rotatable bonds is 5. The Bertz CT molecular complexity index is 427. The molecule has 1 atom stereocenters. The fraction of sp³-hybridized carbons (Fsp3) is 0.462. The minimum atomic E-state index is 0.423. The molecule has 1 heterocycles. The summed E-state index contributed by atoms with van der Waals surface area (Å²) in [6, 6.07) is 3.38. The van der Waals surface area contributed by atoms with Crippen LogP contribution < -0.4 is 9.47 Å². The molecule has 1 aromatic rings. The lowest BCUT2D eigenvalue weighted by molar-refractivity contribution is 0.112. The zero-order valence-electron chi connectivity index (χ0n) is 10.1. The molecule has 0 N–H and O–H groups in total. The molecule has 1 unspecified atom stereocenters. The molecule has 0 aliphatic carbocycles. The number of hydrogen-bond acceptors (Lipinski definition) is 4. The number of carbonyl (C=O) groups is 1. The smallest absolute Gasteiger partial charge is 0.175 e. The van der Waals surface area contributed by atoms with E-state index in [0.717, 1.165) is 30.4 Å². The number of halogens is 1. The first-order valence-corrected chi connectivity index (χ1v) is 6.57. The van der Waals surface area contributed by atoms with Crippen LogP contribution in [0.2, 0.25) is 0 Å². The maximum Gasteiger partial charge on any atom is 0.175 e. The highest BCUT2D eigenvalue weighted by Crippen LogP contribution is 2.36. The van der Waals surface area contributed by atoms with Crippen LogP contribution in [-0.4, -0.2) is 33.2 Å². The molecule has 1 aliphatic heterocycles. The molecule has 0 radical (unpaired) electrons. The lowest BCUT2D eigenvalue weighted by Crippen LogP contribution is -2.12. The third-order valence-electron chi connectivity index (χ3n) is 2.88. The summed E-state index contributed by atoms with van der Waals surface area (Å²) in [6.07, 6.45) is 1.80. The average Bonchev–Trinajstić information content (AvgIpc) is 2.89. The van der Waals surface area contributed by atoms with Gasteiger partial charge in [-0.25, -0.2) is 0 Å². The van der Waals surface area contributed by atoms with Gasteiger partial charge in [-0.15, -0.1) is 0 Å². The minimum absolute atomic E-state index is 0.423. The van der Waals surface area contributed by atoms with Gasteiger partial charge in [0.05, 0.1) is 24.8 Å². The fourth-order valence-electron chi connectivity index (χ4n) is 1.86. The molecule has 0 spiro atoms. The molecule has 1 saturated heterocycles. The van der Waals surface area contributed by atoms with Gasteiger partial charge in [-0.2, -0.15) is 0 Å². The summed E-state index contributed by atoms with van der Waals surface area (Å²) in [4.78, 5) is 10.8. The first kappa shape index (κ1) is 13.4. The van der Waals surface area contributed by atoms with Gasteiger partial charge in [-0.1, -0.05) is 0 Å². The van der Waals surface area contributed by atoms with Crippen LogP contribution in [0.1, 0.15) is 16.8 Å². The molecule has 0 amide bonds. The standard InChI is InChI=1S/C13H15BrO4/c1-16-12-5-10(6-15)4-11(14)13(12)18-8-9-2-3-17-7-9/h4-6,9H,2-3,7-8H2,1H3. The van der Waals surface area contributed by atoms with E-state index in [1.54, 1.807) is 19.2 Å².